The second kappa shape index (κ2) is 14.3. The van der Waals surface area contributed by atoms with Crippen LogP contribution in [0.3, 0.4) is 0 Å². The smallest absolute Gasteiger partial charge is 0.191 e. The molecule has 182 valence electrons. The number of likely N-dealkylation sites (tertiary alicyclic amines) is 1. The highest BCUT2D eigenvalue weighted by Crippen LogP contribution is 2.17. The van der Waals surface area contributed by atoms with Crippen molar-refractivity contribution in [2.24, 2.45) is 4.99 Å². The molecule has 1 aliphatic rings. The molecule has 0 unspecified atom stereocenters. The molecule has 1 heterocycles. The number of nitrogens with zero attached hydrogens (tertiary/aromatic N) is 2. The summed E-state index contributed by atoms with van der Waals surface area (Å²) >= 11 is 0. The van der Waals surface area contributed by atoms with E-state index in [-0.39, 0.29) is 42.4 Å². The number of aliphatic imine (C=N–C) groups is 1. The SMILES string of the molecule is CCNC(=NCc1ccc(CN2CCC(O)CC2)cc1)NCCOc1ccc(F)cc1F.I. The summed E-state index contributed by atoms with van der Waals surface area (Å²) in [5.41, 5.74) is 2.36. The minimum absolute atomic E-state index is 0. The molecule has 0 bridgehead atoms. The van der Waals surface area contributed by atoms with Crippen molar-refractivity contribution in [3.8, 4) is 5.75 Å². The number of rotatable bonds is 9. The maximum absolute atomic E-state index is 13.6. The molecular weight excluding hydrogens is 541 g/mol. The summed E-state index contributed by atoms with van der Waals surface area (Å²) in [5.74, 6) is -0.677. The van der Waals surface area contributed by atoms with Gasteiger partial charge in [-0.05, 0) is 43.0 Å². The van der Waals surface area contributed by atoms with Crippen LogP contribution >= 0.6 is 24.0 Å². The predicted octanol–water partition coefficient (Wildman–Crippen LogP) is 3.67. The van der Waals surface area contributed by atoms with Crippen molar-refractivity contribution in [2.45, 2.75) is 39.0 Å². The van der Waals surface area contributed by atoms with E-state index in [2.05, 4.69) is 44.8 Å². The van der Waals surface area contributed by atoms with Crippen LogP contribution in [-0.4, -0.2) is 54.9 Å². The minimum atomic E-state index is -0.716. The van der Waals surface area contributed by atoms with E-state index in [1.807, 2.05) is 6.92 Å². The molecule has 2 aromatic rings. The maximum Gasteiger partial charge on any atom is 0.191 e. The summed E-state index contributed by atoms with van der Waals surface area (Å²) in [5, 5.41) is 16.0. The van der Waals surface area contributed by atoms with Gasteiger partial charge in [0.1, 0.15) is 12.4 Å². The van der Waals surface area contributed by atoms with Crippen LogP contribution < -0.4 is 15.4 Å². The van der Waals surface area contributed by atoms with E-state index in [0.29, 0.717) is 25.6 Å². The van der Waals surface area contributed by atoms with Gasteiger partial charge in [-0.2, -0.15) is 0 Å². The summed E-state index contributed by atoms with van der Waals surface area (Å²) in [6, 6.07) is 11.7. The average molecular weight is 574 g/mol. The molecule has 0 spiro atoms. The minimum Gasteiger partial charge on any atom is -0.489 e. The Labute approximate surface area is 211 Å². The lowest BCUT2D eigenvalue weighted by Gasteiger charge is -2.29. The highest BCUT2D eigenvalue weighted by atomic mass is 127. The number of nitrogens with one attached hydrogen (secondary N) is 2. The Kier molecular flexibility index (Phi) is 11.8. The van der Waals surface area contributed by atoms with Crippen LogP contribution in [0.2, 0.25) is 0 Å². The van der Waals surface area contributed by atoms with E-state index in [1.165, 1.54) is 17.7 Å². The number of hydrogen-bond acceptors (Lipinski definition) is 4. The Morgan fingerprint density at radius 2 is 1.79 bits per heavy atom. The monoisotopic (exact) mass is 574 g/mol. The predicted molar refractivity (Wildman–Crippen MR) is 137 cm³/mol. The molecule has 0 aromatic heterocycles. The molecule has 33 heavy (non-hydrogen) atoms. The van der Waals surface area contributed by atoms with Crippen LogP contribution in [0.15, 0.2) is 47.5 Å². The van der Waals surface area contributed by atoms with E-state index in [9.17, 15) is 13.9 Å². The fraction of sp³-hybridized carbons (Fsp3) is 0.458. The number of guanidine groups is 1. The molecule has 3 rings (SSSR count). The van der Waals surface area contributed by atoms with Crippen LogP contribution in [0.1, 0.15) is 30.9 Å². The van der Waals surface area contributed by atoms with Gasteiger partial charge in [-0.15, -0.1) is 24.0 Å². The number of halogens is 3. The Bertz CT molecular complexity index is 875. The zero-order chi connectivity index (χ0) is 22.8. The summed E-state index contributed by atoms with van der Waals surface area (Å²) in [6.45, 7) is 6.62. The highest BCUT2D eigenvalue weighted by molar-refractivity contribution is 14.0. The standard InChI is InChI=1S/C24H32F2N4O2.HI/c1-2-27-24(28-11-14-32-23-8-7-20(25)15-22(23)26)29-16-18-3-5-19(6-4-18)17-30-12-9-21(31)10-13-30;/h3-8,15,21,31H,2,9-14,16-17H2,1H3,(H2,27,28,29);1H. The van der Waals surface area contributed by atoms with Gasteiger partial charge >= 0.3 is 0 Å². The first-order valence-electron chi connectivity index (χ1n) is 11.1. The third-order valence-corrected chi connectivity index (χ3v) is 5.30. The molecule has 1 aliphatic heterocycles. The van der Waals surface area contributed by atoms with Gasteiger partial charge in [0.25, 0.3) is 0 Å². The summed E-state index contributed by atoms with van der Waals surface area (Å²) in [7, 11) is 0. The Morgan fingerprint density at radius 3 is 2.45 bits per heavy atom. The maximum atomic E-state index is 13.6. The molecular formula is C24H33F2IN4O2. The van der Waals surface area contributed by atoms with Crippen LogP contribution in [0, 0.1) is 11.6 Å². The van der Waals surface area contributed by atoms with Crippen LogP contribution in [0.5, 0.6) is 5.75 Å². The lowest BCUT2D eigenvalue weighted by molar-refractivity contribution is 0.0792. The molecule has 0 atom stereocenters. The number of hydrogen-bond donors (Lipinski definition) is 3. The van der Waals surface area contributed by atoms with Crippen molar-refractivity contribution in [1.82, 2.24) is 15.5 Å². The summed E-state index contributed by atoms with van der Waals surface area (Å²) < 4.78 is 31.9. The third-order valence-electron chi connectivity index (χ3n) is 5.30. The average Bonchev–Trinajstić information content (AvgIpc) is 2.78. The van der Waals surface area contributed by atoms with Gasteiger partial charge in [0.15, 0.2) is 17.5 Å². The van der Waals surface area contributed by atoms with Crippen molar-refractivity contribution < 1.29 is 18.6 Å². The first kappa shape index (κ1) is 27.3. The zero-order valence-corrected chi connectivity index (χ0v) is 21.2. The number of piperidine rings is 1. The van der Waals surface area contributed by atoms with Crippen molar-refractivity contribution in [1.29, 1.82) is 0 Å². The number of aliphatic hydroxyl groups excluding tert-OH is 1. The quantitative estimate of drug-likeness (QED) is 0.185. The first-order valence-corrected chi connectivity index (χ1v) is 11.1. The summed E-state index contributed by atoms with van der Waals surface area (Å²) in [4.78, 5) is 6.96. The number of aliphatic hydroxyl groups is 1. The highest BCUT2D eigenvalue weighted by Gasteiger charge is 2.16. The molecule has 1 fully saturated rings. The van der Waals surface area contributed by atoms with E-state index in [4.69, 9.17) is 4.74 Å². The largest absolute Gasteiger partial charge is 0.489 e. The second-order valence-corrected chi connectivity index (χ2v) is 7.87. The molecule has 6 nitrogen and oxygen atoms in total. The van der Waals surface area contributed by atoms with E-state index in [1.54, 1.807) is 0 Å². The van der Waals surface area contributed by atoms with Crippen molar-refractivity contribution >= 4 is 29.9 Å². The summed E-state index contributed by atoms with van der Waals surface area (Å²) in [6.07, 6.45) is 1.54. The Balaban J connectivity index is 0.00000385. The lowest BCUT2D eigenvalue weighted by atomic mass is 10.1. The molecule has 0 aliphatic carbocycles. The Morgan fingerprint density at radius 1 is 1.09 bits per heavy atom. The zero-order valence-electron chi connectivity index (χ0n) is 18.9. The molecule has 0 saturated carbocycles. The van der Waals surface area contributed by atoms with Gasteiger partial charge in [0, 0.05) is 32.2 Å². The van der Waals surface area contributed by atoms with Gasteiger partial charge in [-0.3, -0.25) is 4.90 Å². The molecule has 0 radical (unpaired) electrons. The first-order chi connectivity index (χ1) is 15.5. The number of benzene rings is 2. The molecule has 0 amide bonds. The normalized spacial score (nSPS) is 15.1. The van der Waals surface area contributed by atoms with Gasteiger partial charge in [-0.1, -0.05) is 24.3 Å². The van der Waals surface area contributed by atoms with E-state index in [0.717, 1.165) is 44.1 Å². The Hall–Kier alpha value is -1.98. The van der Waals surface area contributed by atoms with Gasteiger partial charge in [-0.25, -0.2) is 13.8 Å². The van der Waals surface area contributed by atoms with Crippen molar-refractivity contribution in [3.05, 3.63) is 65.2 Å². The molecule has 3 N–H and O–H groups in total. The van der Waals surface area contributed by atoms with E-state index >= 15 is 0 Å². The fourth-order valence-corrected chi connectivity index (χ4v) is 3.52. The van der Waals surface area contributed by atoms with Crippen LogP contribution in [-0.2, 0) is 13.1 Å². The fourth-order valence-electron chi connectivity index (χ4n) is 3.52. The van der Waals surface area contributed by atoms with Gasteiger partial charge in [0.05, 0.1) is 19.2 Å². The van der Waals surface area contributed by atoms with Gasteiger partial charge in [0.2, 0.25) is 0 Å². The van der Waals surface area contributed by atoms with Crippen LogP contribution in [0.25, 0.3) is 0 Å². The topological polar surface area (TPSA) is 69.1 Å². The van der Waals surface area contributed by atoms with Crippen molar-refractivity contribution in [2.75, 3.05) is 32.8 Å². The molecule has 9 heteroatoms. The molecule has 2 aromatic carbocycles. The second-order valence-electron chi connectivity index (χ2n) is 7.87. The van der Waals surface area contributed by atoms with Crippen LogP contribution in [0.4, 0.5) is 8.78 Å². The van der Waals surface area contributed by atoms with Crippen molar-refractivity contribution in [3.63, 3.8) is 0 Å². The van der Waals surface area contributed by atoms with Gasteiger partial charge < -0.3 is 20.5 Å². The number of ether oxygens (including phenoxy) is 1. The lowest BCUT2D eigenvalue weighted by Crippen LogP contribution is -2.39. The molecule has 1 saturated heterocycles. The third kappa shape index (κ3) is 9.42. The van der Waals surface area contributed by atoms with E-state index < -0.39 is 11.6 Å².